The predicted octanol–water partition coefficient (Wildman–Crippen LogP) is 2.53. The first-order valence-electron chi connectivity index (χ1n) is 6.30. The molecule has 0 aliphatic carbocycles. The van der Waals surface area contributed by atoms with Gasteiger partial charge in [0, 0.05) is 42.5 Å². The van der Waals surface area contributed by atoms with Crippen LogP contribution < -0.4 is 5.32 Å². The maximum absolute atomic E-state index is 5.98. The van der Waals surface area contributed by atoms with Crippen LogP contribution in [0.3, 0.4) is 0 Å². The lowest BCUT2D eigenvalue weighted by atomic mass is 10.1. The fourth-order valence-corrected chi connectivity index (χ4v) is 2.72. The Hall–Kier alpha value is -1.03. The Morgan fingerprint density at radius 3 is 3.17 bits per heavy atom. The van der Waals surface area contributed by atoms with Crippen molar-refractivity contribution in [3.63, 3.8) is 0 Å². The molecule has 4 heteroatoms. The van der Waals surface area contributed by atoms with E-state index in [1.54, 1.807) is 0 Å². The van der Waals surface area contributed by atoms with Crippen molar-refractivity contribution >= 4 is 22.6 Å². The van der Waals surface area contributed by atoms with Crippen LogP contribution in [0, 0.1) is 0 Å². The third kappa shape index (κ3) is 2.53. The van der Waals surface area contributed by atoms with E-state index in [0.29, 0.717) is 6.04 Å². The first-order chi connectivity index (χ1) is 8.70. The van der Waals surface area contributed by atoms with Crippen LogP contribution in [0.5, 0.6) is 0 Å². The highest BCUT2D eigenvalue weighted by molar-refractivity contribution is 6.31. The third-order valence-corrected chi connectivity index (χ3v) is 3.67. The number of likely N-dealkylation sites (N-methyl/N-ethyl adjacent to an activating group) is 1. The van der Waals surface area contributed by atoms with Gasteiger partial charge in [-0.3, -0.25) is 0 Å². The molecule has 1 aliphatic heterocycles. The Morgan fingerprint density at radius 2 is 2.33 bits per heavy atom. The van der Waals surface area contributed by atoms with Crippen molar-refractivity contribution in [3.05, 3.63) is 35.0 Å². The fourth-order valence-electron chi connectivity index (χ4n) is 2.54. The van der Waals surface area contributed by atoms with Crippen LogP contribution in [0.25, 0.3) is 11.0 Å². The maximum Gasteiger partial charge on any atom is 0.134 e. The van der Waals surface area contributed by atoms with Gasteiger partial charge in [-0.2, -0.15) is 0 Å². The Labute approximate surface area is 112 Å². The monoisotopic (exact) mass is 264 g/mol. The lowest BCUT2D eigenvalue weighted by molar-refractivity contribution is 0.233. The lowest BCUT2D eigenvalue weighted by Gasteiger charge is -2.30. The van der Waals surface area contributed by atoms with Crippen molar-refractivity contribution in [2.75, 3.05) is 26.7 Å². The minimum atomic E-state index is 0.472. The molecule has 0 saturated carbocycles. The summed E-state index contributed by atoms with van der Waals surface area (Å²) in [6.45, 7) is 3.23. The summed E-state index contributed by atoms with van der Waals surface area (Å²) >= 11 is 5.98. The van der Waals surface area contributed by atoms with Gasteiger partial charge in [-0.05, 0) is 31.3 Å². The van der Waals surface area contributed by atoms with E-state index in [1.165, 1.54) is 0 Å². The highest BCUT2D eigenvalue weighted by Crippen LogP contribution is 2.23. The average Bonchev–Trinajstić information content (AvgIpc) is 2.70. The predicted molar refractivity (Wildman–Crippen MR) is 74.2 cm³/mol. The summed E-state index contributed by atoms with van der Waals surface area (Å²) < 4.78 is 5.84. The number of fused-ring (bicyclic) bond motifs is 1. The van der Waals surface area contributed by atoms with Gasteiger partial charge in [0.05, 0.1) is 0 Å². The molecule has 1 aliphatic rings. The van der Waals surface area contributed by atoms with Crippen LogP contribution in [-0.2, 0) is 6.42 Å². The van der Waals surface area contributed by atoms with Gasteiger partial charge in [-0.15, -0.1) is 0 Å². The van der Waals surface area contributed by atoms with Gasteiger partial charge in [0.2, 0.25) is 0 Å². The molecule has 2 aromatic rings. The van der Waals surface area contributed by atoms with Gasteiger partial charge in [0.25, 0.3) is 0 Å². The van der Waals surface area contributed by atoms with Crippen molar-refractivity contribution < 1.29 is 4.42 Å². The number of nitrogens with zero attached hydrogens (tertiary/aromatic N) is 1. The van der Waals surface area contributed by atoms with E-state index < -0.39 is 0 Å². The molecule has 1 N–H and O–H groups in total. The molecule has 1 fully saturated rings. The number of rotatable bonds is 2. The topological polar surface area (TPSA) is 28.4 Å². The van der Waals surface area contributed by atoms with Gasteiger partial charge < -0.3 is 14.6 Å². The maximum atomic E-state index is 5.98. The number of benzene rings is 1. The molecule has 18 heavy (non-hydrogen) atoms. The summed E-state index contributed by atoms with van der Waals surface area (Å²) in [5.41, 5.74) is 0.915. The van der Waals surface area contributed by atoms with E-state index in [0.717, 1.165) is 47.8 Å². The smallest absolute Gasteiger partial charge is 0.134 e. The normalized spacial score (nSPS) is 21.6. The van der Waals surface area contributed by atoms with E-state index in [2.05, 4.69) is 23.3 Å². The molecule has 1 aromatic carbocycles. The number of furan rings is 1. The first kappa shape index (κ1) is 12.0. The van der Waals surface area contributed by atoms with E-state index in [4.69, 9.17) is 16.0 Å². The Balaban J connectivity index is 1.78. The third-order valence-electron chi connectivity index (χ3n) is 3.44. The standard InChI is InChI=1S/C14H17ClN2O/c1-17-5-4-16-12(9-17)8-13-7-10-6-11(15)2-3-14(10)18-13/h2-3,6-7,12,16H,4-5,8-9H2,1H3. The molecule has 1 aromatic heterocycles. The molecule has 0 spiro atoms. The highest BCUT2D eigenvalue weighted by Gasteiger charge is 2.18. The van der Waals surface area contributed by atoms with Crippen LogP contribution in [0.1, 0.15) is 5.76 Å². The summed E-state index contributed by atoms with van der Waals surface area (Å²) in [5, 5.41) is 5.37. The molecule has 3 nitrogen and oxygen atoms in total. The van der Waals surface area contributed by atoms with E-state index >= 15 is 0 Å². The molecular formula is C14H17ClN2O. The molecule has 0 bridgehead atoms. The zero-order valence-electron chi connectivity index (χ0n) is 10.4. The SMILES string of the molecule is CN1CCNC(Cc2cc3cc(Cl)ccc3o2)C1. The molecule has 96 valence electrons. The van der Waals surface area contributed by atoms with Gasteiger partial charge in [-0.1, -0.05) is 11.6 Å². The van der Waals surface area contributed by atoms with Gasteiger partial charge >= 0.3 is 0 Å². The average molecular weight is 265 g/mol. The Kier molecular flexibility index (Phi) is 3.29. The summed E-state index contributed by atoms with van der Waals surface area (Å²) in [6.07, 6.45) is 0.927. The molecular weight excluding hydrogens is 248 g/mol. The molecule has 0 amide bonds. The summed E-state index contributed by atoms with van der Waals surface area (Å²) in [5.74, 6) is 1.03. The van der Waals surface area contributed by atoms with E-state index in [-0.39, 0.29) is 0 Å². The second kappa shape index (κ2) is 4.92. The zero-order valence-corrected chi connectivity index (χ0v) is 11.2. The minimum Gasteiger partial charge on any atom is -0.461 e. The van der Waals surface area contributed by atoms with Crippen LogP contribution in [0.15, 0.2) is 28.7 Å². The van der Waals surface area contributed by atoms with Crippen LogP contribution >= 0.6 is 11.6 Å². The number of nitrogens with one attached hydrogen (secondary N) is 1. The van der Waals surface area contributed by atoms with E-state index in [1.807, 2.05) is 18.2 Å². The fraction of sp³-hybridized carbons (Fsp3) is 0.429. The molecule has 3 rings (SSSR count). The Morgan fingerprint density at radius 1 is 1.44 bits per heavy atom. The van der Waals surface area contributed by atoms with Crippen LogP contribution in [0.2, 0.25) is 5.02 Å². The second-order valence-corrected chi connectivity index (χ2v) is 5.45. The number of halogens is 1. The van der Waals surface area contributed by atoms with Gasteiger partial charge in [0.1, 0.15) is 11.3 Å². The summed E-state index contributed by atoms with van der Waals surface area (Å²) in [7, 11) is 2.16. The summed E-state index contributed by atoms with van der Waals surface area (Å²) in [6, 6.07) is 8.31. The summed E-state index contributed by atoms with van der Waals surface area (Å²) in [4.78, 5) is 2.35. The molecule has 1 atom stereocenters. The van der Waals surface area contributed by atoms with Crippen LogP contribution in [0.4, 0.5) is 0 Å². The largest absolute Gasteiger partial charge is 0.461 e. The quantitative estimate of drug-likeness (QED) is 0.904. The van der Waals surface area contributed by atoms with Crippen molar-refractivity contribution in [1.29, 1.82) is 0 Å². The molecule has 2 heterocycles. The molecule has 0 radical (unpaired) electrons. The second-order valence-electron chi connectivity index (χ2n) is 5.01. The highest BCUT2D eigenvalue weighted by atomic mass is 35.5. The van der Waals surface area contributed by atoms with Crippen molar-refractivity contribution in [2.24, 2.45) is 0 Å². The number of hydrogen-bond acceptors (Lipinski definition) is 3. The van der Waals surface area contributed by atoms with Crippen LogP contribution in [-0.4, -0.2) is 37.6 Å². The number of piperazine rings is 1. The van der Waals surface area contributed by atoms with Gasteiger partial charge in [0.15, 0.2) is 0 Å². The Bertz CT molecular complexity index is 552. The van der Waals surface area contributed by atoms with Crippen molar-refractivity contribution in [2.45, 2.75) is 12.5 Å². The van der Waals surface area contributed by atoms with Crippen molar-refractivity contribution in [1.82, 2.24) is 10.2 Å². The minimum absolute atomic E-state index is 0.472. The molecule has 1 unspecified atom stereocenters. The van der Waals surface area contributed by atoms with E-state index in [9.17, 15) is 0 Å². The molecule has 1 saturated heterocycles. The zero-order chi connectivity index (χ0) is 12.5. The van der Waals surface area contributed by atoms with Crippen molar-refractivity contribution in [3.8, 4) is 0 Å². The van der Waals surface area contributed by atoms with Gasteiger partial charge in [-0.25, -0.2) is 0 Å². The first-order valence-corrected chi connectivity index (χ1v) is 6.68. The number of hydrogen-bond donors (Lipinski definition) is 1. The lowest BCUT2D eigenvalue weighted by Crippen LogP contribution is -2.49.